The Kier molecular flexibility index (Phi) is 18.5. The summed E-state index contributed by atoms with van der Waals surface area (Å²) in [7, 11) is 0. The summed E-state index contributed by atoms with van der Waals surface area (Å²) in [5, 5.41) is 0. The van der Waals surface area contributed by atoms with Crippen LogP contribution in [0.5, 0.6) is 0 Å². The van der Waals surface area contributed by atoms with E-state index in [2.05, 4.69) is 26.0 Å². The minimum absolute atomic E-state index is 1.09. The van der Waals surface area contributed by atoms with Crippen molar-refractivity contribution in [1.29, 1.82) is 0 Å². The van der Waals surface area contributed by atoms with Gasteiger partial charge in [-0.3, -0.25) is 0 Å². The van der Waals surface area contributed by atoms with E-state index in [9.17, 15) is 0 Å². The molecule has 0 saturated carbocycles. The van der Waals surface area contributed by atoms with Gasteiger partial charge in [-0.25, -0.2) is 0 Å². The lowest BCUT2D eigenvalue weighted by Crippen LogP contribution is -1.82. The van der Waals surface area contributed by atoms with Gasteiger partial charge in [0, 0.05) is 0 Å². The molecule has 0 N–H and O–H groups in total. The highest BCUT2D eigenvalue weighted by Gasteiger charge is 1.92. The molecule has 0 aliphatic heterocycles. The van der Waals surface area contributed by atoms with Gasteiger partial charge in [0.15, 0.2) is 0 Å². The molecule has 0 heteroatoms. The van der Waals surface area contributed by atoms with E-state index in [1.54, 1.807) is 0 Å². The molecule has 0 nitrogen and oxygen atoms in total. The lowest BCUT2D eigenvalue weighted by atomic mass is 10.1. The Bertz CT molecular complexity index is 180. The van der Waals surface area contributed by atoms with Crippen molar-refractivity contribution in [2.75, 3.05) is 0 Å². The standard InChI is InChI=1S/C20H38/c1-3-5-7-9-11-13-15-17-19-20-18-16-14-12-10-8-6-4-2/h11,13H,1-10,12,14-20H2. The predicted octanol–water partition coefficient (Wildman–Crippen LogP) is 7.45. The number of rotatable bonds is 16. The Labute approximate surface area is 129 Å². The second-order valence-electron chi connectivity index (χ2n) is 6.00. The zero-order chi connectivity index (χ0) is 14.7. The highest BCUT2D eigenvalue weighted by molar-refractivity contribution is 4.81. The maximum Gasteiger partial charge on any atom is -0.0351 e. The molecule has 20 heavy (non-hydrogen) atoms. The molecule has 2 radical (unpaired) electrons. The molecule has 0 spiro atoms. The second kappa shape index (κ2) is 18.7. The highest BCUT2D eigenvalue weighted by Crippen LogP contribution is 2.12. The van der Waals surface area contributed by atoms with E-state index < -0.39 is 0 Å². The topological polar surface area (TPSA) is 0 Å². The van der Waals surface area contributed by atoms with Crippen LogP contribution in [-0.2, 0) is 0 Å². The Hall–Kier alpha value is -0.260. The normalized spacial score (nSPS) is 11.5. The molecule has 0 fully saturated rings. The van der Waals surface area contributed by atoms with Gasteiger partial charge in [0.05, 0.1) is 0 Å². The summed E-state index contributed by atoms with van der Waals surface area (Å²) in [6.07, 6.45) is 26.2. The SMILES string of the molecule is [CH2]CCCCC=CCCCCCCCCCCCC[CH2]. The molecular weight excluding hydrogens is 240 g/mol. The van der Waals surface area contributed by atoms with Crippen LogP contribution >= 0.6 is 0 Å². The second-order valence-corrected chi connectivity index (χ2v) is 6.00. The maximum atomic E-state index is 3.89. The maximum absolute atomic E-state index is 3.89. The van der Waals surface area contributed by atoms with Crippen molar-refractivity contribution in [3.63, 3.8) is 0 Å². The summed E-state index contributed by atoms with van der Waals surface area (Å²) in [5.74, 6) is 0. The van der Waals surface area contributed by atoms with E-state index >= 15 is 0 Å². The van der Waals surface area contributed by atoms with E-state index in [0.717, 1.165) is 12.8 Å². The number of unbranched alkanes of at least 4 members (excludes halogenated alkanes) is 14. The lowest BCUT2D eigenvalue weighted by Gasteiger charge is -2.01. The molecule has 0 saturated heterocycles. The van der Waals surface area contributed by atoms with Crippen molar-refractivity contribution in [3.8, 4) is 0 Å². The van der Waals surface area contributed by atoms with Crippen molar-refractivity contribution in [2.45, 2.75) is 103 Å². The van der Waals surface area contributed by atoms with Crippen LogP contribution in [0.15, 0.2) is 12.2 Å². The number of hydrogen-bond donors (Lipinski definition) is 0. The van der Waals surface area contributed by atoms with Crippen LogP contribution in [-0.4, -0.2) is 0 Å². The molecule has 0 rings (SSSR count). The third kappa shape index (κ3) is 17.7. The van der Waals surface area contributed by atoms with Gasteiger partial charge in [-0.15, -0.1) is 0 Å². The summed E-state index contributed by atoms with van der Waals surface area (Å²) < 4.78 is 0. The molecule has 0 bridgehead atoms. The van der Waals surface area contributed by atoms with Gasteiger partial charge in [0.1, 0.15) is 0 Å². The quantitative estimate of drug-likeness (QED) is 0.203. The van der Waals surface area contributed by atoms with Gasteiger partial charge >= 0.3 is 0 Å². The molecule has 0 aliphatic carbocycles. The zero-order valence-electron chi connectivity index (χ0n) is 13.9. The smallest absolute Gasteiger partial charge is 0.0351 e. The molecule has 0 aromatic rings. The van der Waals surface area contributed by atoms with Crippen LogP contribution in [0.2, 0.25) is 0 Å². The monoisotopic (exact) mass is 278 g/mol. The van der Waals surface area contributed by atoms with Gasteiger partial charge in [0.25, 0.3) is 0 Å². The zero-order valence-corrected chi connectivity index (χ0v) is 13.9. The van der Waals surface area contributed by atoms with Gasteiger partial charge in [0.2, 0.25) is 0 Å². The fourth-order valence-corrected chi connectivity index (χ4v) is 2.53. The van der Waals surface area contributed by atoms with E-state index in [-0.39, 0.29) is 0 Å². The van der Waals surface area contributed by atoms with E-state index in [1.807, 2.05) is 0 Å². The molecule has 0 aliphatic rings. The summed E-state index contributed by atoms with van der Waals surface area (Å²) >= 11 is 0. The number of allylic oxidation sites excluding steroid dienone is 2. The molecular formula is C20H38. The molecule has 0 atom stereocenters. The Morgan fingerprint density at radius 3 is 1.15 bits per heavy atom. The first-order valence-electron chi connectivity index (χ1n) is 9.15. The van der Waals surface area contributed by atoms with E-state index in [0.29, 0.717) is 0 Å². The minimum Gasteiger partial charge on any atom is -0.0885 e. The van der Waals surface area contributed by atoms with Crippen LogP contribution in [0.3, 0.4) is 0 Å². The summed E-state index contributed by atoms with van der Waals surface area (Å²) in [6.45, 7) is 7.75. The molecule has 0 aromatic heterocycles. The first kappa shape index (κ1) is 19.7. The Morgan fingerprint density at radius 1 is 0.400 bits per heavy atom. The van der Waals surface area contributed by atoms with Gasteiger partial charge in [-0.05, 0) is 25.7 Å². The van der Waals surface area contributed by atoms with Gasteiger partial charge in [-0.1, -0.05) is 103 Å². The fourth-order valence-electron chi connectivity index (χ4n) is 2.53. The minimum atomic E-state index is 1.09. The molecule has 0 unspecified atom stereocenters. The molecule has 118 valence electrons. The molecule has 0 aromatic carbocycles. The van der Waals surface area contributed by atoms with Gasteiger partial charge in [-0.2, -0.15) is 0 Å². The average molecular weight is 279 g/mol. The summed E-state index contributed by atoms with van der Waals surface area (Å²) in [5.41, 5.74) is 0. The van der Waals surface area contributed by atoms with E-state index in [1.165, 1.54) is 89.9 Å². The highest BCUT2D eigenvalue weighted by atomic mass is 14.0. The van der Waals surface area contributed by atoms with Crippen LogP contribution in [0.25, 0.3) is 0 Å². The van der Waals surface area contributed by atoms with Crippen molar-refractivity contribution in [2.24, 2.45) is 0 Å². The first-order valence-corrected chi connectivity index (χ1v) is 9.15. The third-order valence-corrected chi connectivity index (χ3v) is 3.91. The van der Waals surface area contributed by atoms with Crippen LogP contribution in [0.4, 0.5) is 0 Å². The summed E-state index contributed by atoms with van der Waals surface area (Å²) in [6, 6.07) is 0. The number of hydrogen-bond acceptors (Lipinski definition) is 0. The summed E-state index contributed by atoms with van der Waals surface area (Å²) in [4.78, 5) is 0. The van der Waals surface area contributed by atoms with Crippen LogP contribution in [0, 0.1) is 13.8 Å². The average Bonchev–Trinajstić information content (AvgIpc) is 2.47. The fraction of sp³-hybridized carbons (Fsp3) is 0.800. The lowest BCUT2D eigenvalue weighted by molar-refractivity contribution is 0.553. The van der Waals surface area contributed by atoms with Crippen molar-refractivity contribution in [3.05, 3.63) is 26.0 Å². The predicted molar refractivity (Wildman–Crippen MR) is 93.7 cm³/mol. The van der Waals surface area contributed by atoms with E-state index in [4.69, 9.17) is 0 Å². The third-order valence-electron chi connectivity index (χ3n) is 3.91. The van der Waals surface area contributed by atoms with Crippen LogP contribution < -0.4 is 0 Å². The van der Waals surface area contributed by atoms with Crippen molar-refractivity contribution < 1.29 is 0 Å². The Morgan fingerprint density at radius 2 is 0.700 bits per heavy atom. The molecule has 0 heterocycles. The molecule has 0 amide bonds. The Balaban J connectivity index is 2.99. The first-order chi connectivity index (χ1) is 9.91. The largest absolute Gasteiger partial charge is 0.0885 e. The van der Waals surface area contributed by atoms with Gasteiger partial charge < -0.3 is 0 Å². The van der Waals surface area contributed by atoms with Crippen molar-refractivity contribution in [1.82, 2.24) is 0 Å². The van der Waals surface area contributed by atoms with Crippen LogP contribution in [0.1, 0.15) is 103 Å². The van der Waals surface area contributed by atoms with Crippen molar-refractivity contribution >= 4 is 0 Å².